The highest BCUT2D eigenvalue weighted by Gasteiger charge is 2.13. The van der Waals surface area contributed by atoms with E-state index in [1.807, 2.05) is 31.2 Å². The number of halogens is 1. The Balaban J connectivity index is 1.86. The first-order valence-corrected chi connectivity index (χ1v) is 7.02. The Kier molecular flexibility index (Phi) is 5.11. The van der Waals surface area contributed by atoms with Gasteiger partial charge in [-0.15, -0.1) is 0 Å². The van der Waals surface area contributed by atoms with Crippen LogP contribution < -0.4 is 11.1 Å². The molecule has 0 saturated carbocycles. The zero-order valence-corrected chi connectivity index (χ0v) is 12.5. The minimum atomic E-state index is -0.146. The molecule has 21 heavy (non-hydrogen) atoms. The number of carbonyl (C=O) groups excluding carboxylic acids is 1. The summed E-state index contributed by atoms with van der Waals surface area (Å²) in [5.74, 6) is 0.703. The van der Waals surface area contributed by atoms with Crippen LogP contribution in [0.25, 0.3) is 0 Å². The molecular weight excluding hydrogens is 288 g/mol. The van der Waals surface area contributed by atoms with Crippen LogP contribution in [0.15, 0.2) is 36.5 Å². The highest BCUT2D eigenvalue weighted by Crippen LogP contribution is 2.13. The average Bonchev–Trinajstić information content (AvgIpc) is 2.47. The lowest BCUT2D eigenvalue weighted by molar-refractivity contribution is -0.124. The first-order chi connectivity index (χ1) is 10.0. The maximum Gasteiger partial charge on any atom is 0.223 e. The van der Waals surface area contributed by atoms with Crippen LogP contribution in [-0.2, 0) is 17.8 Å². The number of amides is 1. The van der Waals surface area contributed by atoms with Gasteiger partial charge < -0.3 is 11.1 Å². The van der Waals surface area contributed by atoms with Gasteiger partial charge in [0, 0.05) is 17.1 Å². The Bertz CT molecular complexity index is 615. The molecule has 0 fully saturated rings. The van der Waals surface area contributed by atoms with Crippen LogP contribution in [0.5, 0.6) is 0 Å². The van der Waals surface area contributed by atoms with Crippen LogP contribution >= 0.6 is 11.6 Å². The lowest BCUT2D eigenvalue weighted by Crippen LogP contribution is -2.30. The van der Waals surface area contributed by atoms with Crippen molar-refractivity contribution in [2.75, 3.05) is 5.73 Å². The van der Waals surface area contributed by atoms with E-state index in [0.29, 0.717) is 23.1 Å². The highest BCUT2D eigenvalue weighted by atomic mass is 35.5. The van der Waals surface area contributed by atoms with Crippen molar-refractivity contribution in [1.82, 2.24) is 15.3 Å². The summed E-state index contributed by atoms with van der Waals surface area (Å²) in [6.07, 6.45) is 2.22. The van der Waals surface area contributed by atoms with Crippen molar-refractivity contribution in [1.29, 1.82) is 0 Å². The minimum Gasteiger partial charge on any atom is -0.384 e. The van der Waals surface area contributed by atoms with Gasteiger partial charge >= 0.3 is 0 Å². The van der Waals surface area contributed by atoms with Crippen molar-refractivity contribution in [3.05, 3.63) is 52.9 Å². The van der Waals surface area contributed by atoms with Crippen LogP contribution in [0.3, 0.4) is 0 Å². The van der Waals surface area contributed by atoms with E-state index in [1.165, 1.54) is 0 Å². The topological polar surface area (TPSA) is 80.9 Å². The summed E-state index contributed by atoms with van der Waals surface area (Å²) in [5.41, 5.74) is 6.64. The summed E-state index contributed by atoms with van der Waals surface area (Å²) in [7, 11) is 0. The lowest BCUT2D eigenvalue weighted by Gasteiger charge is -2.12. The van der Waals surface area contributed by atoms with Gasteiger partial charge in [-0.25, -0.2) is 9.97 Å². The molecule has 0 aliphatic carbocycles. The highest BCUT2D eigenvalue weighted by molar-refractivity contribution is 6.30. The molecule has 1 unspecified atom stereocenters. The largest absolute Gasteiger partial charge is 0.384 e. The predicted octanol–water partition coefficient (Wildman–Crippen LogP) is 2.21. The molecule has 3 N–H and O–H groups in total. The molecule has 0 aliphatic rings. The fourth-order valence-electron chi connectivity index (χ4n) is 1.91. The van der Waals surface area contributed by atoms with E-state index < -0.39 is 0 Å². The molecule has 0 aliphatic heterocycles. The summed E-state index contributed by atoms with van der Waals surface area (Å²) < 4.78 is 0. The second-order valence-electron chi connectivity index (χ2n) is 4.85. The Morgan fingerprint density at radius 1 is 1.33 bits per heavy atom. The van der Waals surface area contributed by atoms with E-state index in [-0.39, 0.29) is 18.4 Å². The summed E-state index contributed by atoms with van der Waals surface area (Å²) in [4.78, 5) is 20.1. The van der Waals surface area contributed by atoms with Crippen LogP contribution in [0, 0.1) is 5.92 Å². The number of aromatic nitrogens is 2. The minimum absolute atomic E-state index is 0.0454. The normalized spacial score (nSPS) is 11.9. The van der Waals surface area contributed by atoms with E-state index in [4.69, 9.17) is 17.3 Å². The predicted molar refractivity (Wildman–Crippen MR) is 82.6 cm³/mol. The van der Waals surface area contributed by atoms with Gasteiger partial charge in [-0.3, -0.25) is 4.79 Å². The number of hydrogen-bond donors (Lipinski definition) is 2. The fourth-order valence-corrected chi connectivity index (χ4v) is 2.03. The Morgan fingerprint density at radius 2 is 2.05 bits per heavy atom. The second-order valence-corrected chi connectivity index (χ2v) is 5.28. The number of rotatable bonds is 5. The van der Waals surface area contributed by atoms with Crippen molar-refractivity contribution in [2.24, 2.45) is 5.92 Å². The third-order valence-electron chi connectivity index (χ3n) is 3.05. The van der Waals surface area contributed by atoms with Gasteiger partial charge in [-0.05, 0) is 30.2 Å². The SMILES string of the molecule is CC(Cc1ccc(Cl)cc1)C(=O)NCc1nccc(N)n1. The average molecular weight is 305 g/mol. The molecule has 1 heterocycles. The van der Waals surface area contributed by atoms with Crippen LogP contribution in [0.4, 0.5) is 5.82 Å². The van der Waals surface area contributed by atoms with Gasteiger partial charge in [0.05, 0.1) is 6.54 Å². The van der Waals surface area contributed by atoms with E-state index in [9.17, 15) is 4.79 Å². The zero-order valence-electron chi connectivity index (χ0n) is 11.7. The molecule has 0 bridgehead atoms. The maximum absolute atomic E-state index is 12.0. The molecule has 0 saturated heterocycles. The number of nitrogens with one attached hydrogen (secondary N) is 1. The molecule has 5 nitrogen and oxygen atoms in total. The molecule has 1 atom stereocenters. The fraction of sp³-hybridized carbons (Fsp3) is 0.267. The first-order valence-electron chi connectivity index (χ1n) is 6.64. The van der Waals surface area contributed by atoms with Crippen molar-refractivity contribution in [2.45, 2.75) is 19.9 Å². The van der Waals surface area contributed by atoms with E-state index in [2.05, 4.69) is 15.3 Å². The van der Waals surface area contributed by atoms with Crippen molar-refractivity contribution in [3.63, 3.8) is 0 Å². The molecule has 1 amide bonds. The monoisotopic (exact) mass is 304 g/mol. The molecule has 0 spiro atoms. The Labute approximate surface area is 128 Å². The zero-order chi connectivity index (χ0) is 15.2. The molecule has 1 aromatic carbocycles. The number of benzene rings is 1. The number of nitrogens with zero attached hydrogens (tertiary/aromatic N) is 2. The van der Waals surface area contributed by atoms with Crippen molar-refractivity contribution >= 4 is 23.3 Å². The molecule has 2 rings (SSSR count). The van der Waals surface area contributed by atoms with E-state index in [0.717, 1.165) is 5.56 Å². The summed E-state index contributed by atoms with van der Waals surface area (Å²) in [6, 6.07) is 9.10. The van der Waals surface area contributed by atoms with Gasteiger partial charge in [0.2, 0.25) is 5.91 Å². The number of nitrogen functional groups attached to an aromatic ring is 1. The lowest BCUT2D eigenvalue weighted by atomic mass is 10.0. The smallest absolute Gasteiger partial charge is 0.223 e. The first kappa shape index (κ1) is 15.3. The summed E-state index contributed by atoms with van der Waals surface area (Å²) >= 11 is 5.84. The Hall–Kier alpha value is -2.14. The van der Waals surface area contributed by atoms with Crippen molar-refractivity contribution < 1.29 is 4.79 Å². The second kappa shape index (κ2) is 7.04. The number of hydrogen-bond acceptors (Lipinski definition) is 4. The third-order valence-corrected chi connectivity index (χ3v) is 3.30. The quantitative estimate of drug-likeness (QED) is 0.887. The Morgan fingerprint density at radius 3 is 2.71 bits per heavy atom. The van der Waals surface area contributed by atoms with E-state index >= 15 is 0 Å². The maximum atomic E-state index is 12.0. The van der Waals surface area contributed by atoms with Gasteiger partial charge in [0.25, 0.3) is 0 Å². The number of nitrogens with two attached hydrogens (primary N) is 1. The standard InChI is InChI=1S/C15H17ClN4O/c1-10(8-11-2-4-12(16)5-3-11)15(21)19-9-14-18-7-6-13(17)20-14/h2-7,10H,8-9H2,1H3,(H,19,21)(H2,17,18,20). The van der Waals surface area contributed by atoms with Crippen LogP contribution in [-0.4, -0.2) is 15.9 Å². The summed E-state index contributed by atoms with van der Waals surface area (Å²) in [6.45, 7) is 2.15. The van der Waals surface area contributed by atoms with Crippen molar-refractivity contribution in [3.8, 4) is 0 Å². The van der Waals surface area contributed by atoms with Crippen LogP contribution in [0.2, 0.25) is 5.02 Å². The van der Waals surface area contributed by atoms with Gasteiger partial charge in [0.15, 0.2) is 0 Å². The molecule has 2 aromatic rings. The molecule has 1 aromatic heterocycles. The number of carbonyl (C=O) groups is 1. The number of anilines is 1. The van der Waals surface area contributed by atoms with Gasteiger partial charge in [-0.2, -0.15) is 0 Å². The van der Waals surface area contributed by atoms with Crippen LogP contribution in [0.1, 0.15) is 18.3 Å². The summed E-state index contributed by atoms with van der Waals surface area (Å²) in [5, 5.41) is 3.50. The van der Waals surface area contributed by atoms with Gasteiger partial charge in [0.1, 0.15) is 11.6 Å². The molecule has 110 valence electrons. The third kappa shape index (κ3) is 4.72. The van der Waals surface area contributed by atoms with Gasteiger partial charge in [-0.1, -0.05) is 30.7 Å². The molecular formula is C15H17ClN4O. The molecule has 0 radical (unpaired) electrons. The molecule has 6 heteroatoms. The van der Waals surface area contributed by atoms with E-state index in [1.54, 1.807) is 12.3 Å².